The van der Waals surface area contributed by atoms with Gasteiger partial charge in [0.05, 0.1) is 6.54 Å². The van der Waals surface area contributed by atoms with Crippen LogP contribution in [0.5, 0.6) is 0 Å². The SMILES string of the molecule is Cc1cnc(N(C)C2CCN(CC(=O)Nc3ccc(F)cc3)CC2)nc1. The van der Waals surface area contributed by atoms with Crippen molar-refractivity contribution in [2.45, 2.75) is 25.8 Å². The van der Waals surface area contributed by atoms with Gasteiger partial charge in [-0.15, -0.1) is 0 Å². The molecule has 0 unspecified atom stereocenters. The molecule has 1 aliphatic heterocycles. The lowest BCUT2D eigenvalue weighted by Crippen LogP contribution is -2.46. The molecule has 1 saturated heterocycles. The Labute approximate surface area is 153 Å². The summed E-state index contributed by atoms with van der Waals surface area (Å²) < 4.78 is 12.9. The van der Waals surface area contributed by atoms with Gasteiger partial charge in [-0.3, -0.25) is 9.69 Å². The first-order valence-electron chi connectivity index (χ1n) is 8.80. The van der Waals surface area contributed by atoms with Gasteiger partial charge in [-0.05, 0) is 49.6 Å². The first-order chi connectivity index (χ1) is 12.5. The molecule has 0 saturated carbocycles. The molecule has 6 nitrogen and oxygen atoms in total. The molecule has 138 valence electrons. The third-order valence-electron chi connectivity index (χ3n) is 4.68. The number of anilines is 2. The van der Waals surface area contributed by atoms with E-state index >= 15 is 0 Å². The predicted octanol–water partition coefficient (Wildman–Crippen LogP) is 2.46. The molecule has 1 fully saturated rings. The predicted molar refractivity (Wildman–Crippen MR) is 99.7 cm³/mol. The van der Waals surface area contributed by atoms with Gasteiger partial charge < -0.3 is 10.2 Å². The number of halogens is 1. The van der Waals surface area contributed by atoms with Gasteiger partial charge in [0.15, 0.2) is 0 Å². The van der Waals surface area contributed by atoms with Crippen molar-refractivity contribution in [1.29, 1.82) is 0 Å². The van der Waals surface area contributed by atoms with Crippen LogP contribution < -0.4 is 10.2 Å². The van der Waals surface area contributed by atoms with Crippen molar-refractivity contribution in [3.8, 4) is 0 Å². The average molecular weight is 357 g/mol. The number of nitrogens with zero attached hydrogens (tertiary/aromatic N) is 4. The Hall–Kier alpha value is -2.54. The van der Waals surface area contributed by atoms with Gasteiger partial charge in [-0.1, -0.05) is 0 Å². The molecule has 0 radical (unpaired) electrons. The number of benzene rings is 1. The summed E-state index contributed by atoms with van der Waals surface area (Å²) in [6.07, 6.45) is 5.57. The van der Waals surface area contributed by atoms with Crippen molar-refractivity contribution in [3.63, 3.8) is 0 Å². The van der Waals surface area contributed by atoms with Crippen LogP contribution >= 0.6 is 0 Å². The second kappa shape index (κ2) is 8.23. The number of amides is 1. The van der Waals surface area contributed by atoms with Crippen LogP contribution in [-0.4, -0.2) is 53.5 Å². The first kappa shape index (κ1) is 18.3. The number of hydrogen-bond acceptors (Lipinski definition) is 5. The highest BCUT2D eigenvalue weighted by Gasteiger charge is 2.24. The average Bonchev–Trinajstić information content (AvgIpc) is 2.64. The molecule has 1 aliphatic rings. The fraction of sp³-hybridized carbons (Fsp3) is 0.421. The molecule has 2 heterocycles. The summed E-state index contributed by atoms with van der Waals surface area (Å²) >= 11 is 0. The van der Waals surface area contributed by atoms with E-state index in [9.17, 15) is 9.18 Å². The maximum Gasteiger partial charge on any atom is 0.238 e. The van der Waals surface area contributed by atoms with Crippen molar-refractivity contribution in [1.82, 2.24) is 14.9 Å². The van der Waals surface area contributed by atoms with E-state index in [0.717, 1.165) is 37.4 Å². The summed E-state index contributed by atoms with van der Waals surface area (Å²) in [7, 11) is 2.02. The molecule has 26 heavy (non-hydrogen) atoms. The Bertz CT molecular complexity index is 727. The molecule has 0 spiro atoms. The Morgan fingerprint density at radius 1 is 1.23 bits per heavy atom. The second-order valence-electron chi connectivity index (χ2n) is 6.73. The van der Waals surface area contributed by atoms with Crippen LogP contribution in [0.25, 0.3) is 0 Å². The number of nitrogens with one attached hydrogen (secondary N) is 1. The van der Waals surface area contributed by atoms with Crippen molar-refractivity contribution in [2.75, 3.05) is 36.9 Å². The van der Waals surface area contributed by atoms with Gasteiger partial charge in [0, 0.05) is 44.3 Å². The van der Waals surface area contributed by atoms with Crippen LogP contribution in [0.4, 0.5) is 16.0 Å². The zero-order chi connectivity index (χ0) is 18.5. The van der Waals surface area contributed by atoms with E-state index in [1.54, 1.807) is 12.1 Å². The number of hydrogen-bond donors (Lipinski definition) is 1. The van der Waals surface area contributed by atoms with Crippen LogP contribution in [0.2, 0.25) is 0 Å². The van der Waals surface area contributed by atoms with Gasteiger partial charge >= 0.3 is 0 Å². The van der Waals surface area contributed by atoms with E-state index in [2.05, 4.69) is 25.1 Å². The van der Waals surface area contributed by atoms with Crippen molar-refractivity contribution in [3.05, 3.63) is 48.0 Å². The van der Waals surface area contributed by atoms with Gasteiger partial charge in [0.1, 0.15) is 5.82 Å². The van der Waals surface area contributed by atoms with Crippen LogP contribution in [0.3, 0.4) is 0 Å². The fourth-order valence-corrected chi connectivity index (χ4v) is 3.13. The highest BCUT2D eigenvalue weighted by molar-refractivity contribution is 5.92. The lowest BCUT2D eigenvalue weighted by atomic mass is 10.0. The standard InChI is InChI=1S/C19H24FN5O/c1-14-11-21-19(22-12-14)24(2)17-7-9-25(10-8-17)13-18(26)23-16-5-3-15(20)4-6-16/h3-6,11-12,17H,7-10,13H2,1-2H3,(H,23,26). The fourth-order valence-electron chi connectivity index (χ4n) is 3.13. The van der Waals surface area contributed by atoms with Crippen molar-refractivity contribution < 1.29 is 9.18 Å². The lowest BCUT2D eigenvalue weighted by molar-refractivity contribution is -0.117. The molecule has 2 aromatic rings. The molecule has 1 N–H and O–H groups in total. The Balaban J connectivity index is 1.46. The summed E-state index contributed by atoms with van der Waals surface area (Å²) in [5.41, 5.74) is 1.66. The number of aromatic nitrogens is 2. The minimum atomic E-state index is -0.313. The zero-order valence-electron chi connectivity index (χ0n) is 15.2. The molecule has 0 atom stereocenters. The number of piperidine rings is 1. The molecular weight excluding hydrogens is 333 g/mol. The smallest absolute Gasteiger partial charge is 0.238 e. The molecule has 7 heteroatoms. The molecule has 1 aromatic heterocycles. The summed E-state index contributed by atoms with van der Waals surface area (Å²) in [4.78, 5) is 25.2. The molecule has 1 aromatic carbocycles. The van der Waals surface area contributed by atoms with E-state index < -0.39 is 0 Å². The van der Waals surface area contributed by atoms with Gasteiger partial charge in [0.25, 0.3) is 0 Å². The maximum atomic E-state index is 12.9. The molecule has 1 amide bonds. The molecule has 0 aliphatic carbocycles. The molecule has 3 rings (SSSR count). The van der Waals surface area contributed by atoms with E-state index in [4.69, 9.17) is 0 Å². The summed E-state index contributed by atoms with van der Waals surface area (Å²) in [6.45, 7) is 4.00. The first-order valence-corrected chi connectivity index (χ1v) is 8.80. The highest BCUT2D eigenvalue weighted by Crippen LogP contribution is 2.19. The maximum absolute atomic E-state index is 12.9. The Morgan fingerprint density at radius 2 is 1.85 bits per heavy atom. The zero-order valence-corrected chi connectivity index (χ0v) is 15.2. The normalized spacial score (nSPS) is 15.7. The number of likely N-dealkylation sites (tertiary alicyclic amines) is 1. The number of aryl methyl sites for hydroxylation is 1. The van der Waals surface area contributed by atoms with Crippen LogP contribution in [0.1, 0.15) is 18.4 Å². The third kappa shape index (κ3) is 4.76. The lowest BCUT2D eigenvalue weighted by Gasteiger charge is -2.36. The van der Waals surface area contributed by atoms with E-state index in [1.807, 2.05) is 26.4 Å². The molecular formula is C19H24FN5O. The second-order valence-corrected chi connectivity index (χ2v) is 6.73. The van der Waals surface area contributed by atoms with Gasteiger partial charge in [-0.25, -0.2) is 14.4 Å². The topological polar surface area (TPSA) is 61.4 Å². The summed E-state index contributed by atoms with van der Waals surface area (Å²) in [5.74, 6) is 0.347. The van der Waals surface area contributed by atoms with Crippen LogP contribution in [-0.2, 0) is 4.79 Å². The van der Waals surface area contributed by atoms with E-state index in [0.29, 0.717) is 18.3 Å². The number of carbonyl (C=O) groups is 1. The minimum absolute atomic E-state index is 0.0784. The quantitative estimate of drug-likeness (QED) is 0.891. The van der Waals surface area contributed by atoms with Gasteiger partial charge in [-0.2, -0.15) is 0 Å². The highest BCUT2D eigenvalue weighted by atomic mass is 19.1. The monoisotopic (exact) mass is 357 g/mol. The van der Waals surface area contributed by atoms with Gasteiger partial charge in [0.2, 0.25) is 11.9 Å². The van der Waals surface area contributed by atoms with Crippen molar-refractivity contribution >= 4 is 17.5 Å². The van der Waals surface area contributed by atoms with E-state index in [-0.39, 0.29) is 11.7 Å². The molecule has 0 bridgehead atoms. The summed E-state index contributed by atoms with van der Waals surface area (Å²) in [6, 6.07) is 6.18. The van der Waals surface area contributed by atoms with Crippen LogP contribution in [0.15, 0.2) is 36.7 Å². The number of carbonyl (C=O) groups excluding carboxylic acids is 1. The summed E-state index contributed by atoms with van der Waals surface area (Å²) in [5, 5.41) is 2.80. The third-order valence-corrected chi connectivity index (χ3v) is 4.68. The Morgan fingerprint density at radius 3 is 2.46 bits per heavy atom. The number of rotatable bonds is 5. The van der Waals surface area contributed by atoms with Crippen LogP contribution in [0, 0.1) is 12.7 Å². The Kier molecular flexibility index (Phi) is 5.78. The minimum Gasteiger partial charge on any atom is -0.341 e. The largest absolute Gasteiger partial charge is 0.341 e. The van der Waals surface area contributed by atoms with Crippen molar-refractivity contribution in [2.24, 2.45) is 0 Å². The van der Waals surface area contributed by atoms with E-state index in [1.165, 1.54) is 12.1 Å².